The fourth-order valence-corrected chi connectivity index (χ4v) is 3.36. The molecule has 2 fully saturated rings. The van der Waals surface area contributed by atoms with Crippen LogP contribution in [0, 0.1) is 5.92 Å². The van der Waals surface area contributed by atoms with Gasteiger partial charge in [-0.2, -0.15) is 0 Å². The monoisotopic (exact) mass is 331 g/mol. The molecule has 0 bridgehead atoms. The van der Waals surface area contributed by atoms with Crippen LogP contribution >= 0.6 is 12.4 Å². The van der Waals surface area contributed by atoms with Crippen molar-refractivity contribution in [2.45, 2.75) is 63.8 Å². The summed E-state index contributed by atoms with van der Waals surface area (Å²) in [5.41, 5.74) is 0. The molecule has 2 rings (SSSR count). The van der Waals surface area contributed by atoms with Gasteiger partial charge >= 0.3 is 0 Å². The van der Waals surface area contributed by atoms with E-state index >= 15 is 0 Å². The van der Waals surface area contributed by atoms with Crippen molar-refractivity contribution in [2.24, 2.45) is 5.92 Å². The third-order valence-corrected chi connectivity index (χ3v) is 4.56. The maximum atomic E-state index is 11.8. The Hall–Kier alpha value is -0.810. The van der Waals surface area contributed by atoms with Crippen molar-refractivity contribution in [3.63, 3.8) is 0 Å². The van der Waals surface area contributed by atoms with Crippen molar-refractivity contribution in [1.29, 1.82) is 0 Å². The third kappa shape index (κ3) is 7.45. The summed E-state index contributed by atoms with van der Waals surface area (Å²) in [6, 6.07) is 0.339. The molecular formula is C16H30ClN3O2. The van der Waals surface area contributed by atoms with Gasteiger partial charge < -0.3 is 16.0 Å². The van der Waals surface area contributed by atoms with Gasteiger partial charge in [0.1, 0.15) is 0 Å². The van der Waals surface area contributed by atoms with Crippen LogP contribution in [0.25, 0.3) is 0 Å². The highest BCUT2D eigenvalue weighted by molar-refractivity contribution is 5.85. The fourth-order valence-electron chi connectivity index (χ4n) is 3.36. The summed E-state index contributed by atoms with van der Waals surface area (Å²) in [6.07, 6.45) is 9.69. The van der Waals surface area contributed by atoms with Gasteiger partial charge in [-0.05, 0) is 38.1 Å². The Balaban J connectivity index is 0.00000242. The zero-order valence-electron chi connectivity index (χ0n) is 13.4. The largest absolute Gasteiger partial charge is 0.354 e. The molecule has 0 aromatic carbocycles. The summed E-state index contributed by atoms with van der Waals surface area (Å²) in [4.78, 5) is 23.5. The number of carbonyl (C=O) groups excluding carboxylic acids is 2. The molecule has 0 spiro atoms. The highest BCUT2D eigenvalue weighted by Crippen LogP contribution is 2.25. The fraction of sp³-hybridized carbons (Fsp3) is 0.875. The van der Waals surface area contributed by atoms with E-state index in [4.69, 9.17) is 0 Å². The first-order valence-corrected chi connectivity index (χ1v) is 8.51. The van der Waals surface area contributed by atoms with Gasteiger partial charge in [0.15, 0.2) is 0 Å². The van der Waals surface area contributed by atoms with Crippen molar-refractivity contribution >= 4 is 24.2 Å². The van der Waals surface area contributed by atoms with Crippen LogP contribution in [0.1, 0.15) is 57.8 Å². The molecule has 0 aromatic rings. The molecule has 2 amide bonds. The van der Waals surface area contributed by atoms with Crippen molar-refractivity contribution in [1.82, 2.24) is 16.0 Å². The average Bonchev–Trinajstić information content (AvgIpc) is 2.97. The zero-order valence-corrected chi connectivity index (χ0v) is 14.2. The molecule has 1 saturated heterocycles. The third-order valence-electron chi connectivity index (χ3n) is 4.56. The minimum absolute atomic E-state index is 0. The van der Waals surface area contributed by atoms with Gasteiger partial charge in [-0.25, -0.2) is 0 Å². The lowest BCUT2D eigenvalue weighted by Gasteiger charge is -2.20. The summed E-state index contributed by atoms with van der Waals surface area (Å²) >= 11 is 0. The minimum Gasteiger partial charge on any atom is -0.354 e. The van der Waals surface area contributed by atoms with E-state index in [9.17, 15) is 9.59 Å². The van der Waals surface area contributed by atoms with Gasteiger partial charge in [0.25, 0.3) is 0 Å². The molecule has 3 N–H and O–H groups in total. The predicted molar refractivity (Wildman–Crippen MR) is 90.1 cm³/mol. The molecule has 1 heterocycles. The highest BCUT2D eigenvalue weighted by atomic mass is 35.5. The Labute approximate surface area is 139 Å². The van der Waals surface area contributed by atoms with Gasteiger partial charge in [-0.1, -0.05) is 19.3 Å². The van der Waals surface area contributed by atoms with Crippen LogP contribution in [0.4, 0.5) is 0 Å². The normalized spacial score (nSPS) is 21.9. The molecule has 1 atom stereocenters. The van der Waals surface area contributed by atoms with Crippen LogP contribution < -0.4 is 16.0 Å². The van der Waals surface area contributed by atoms with Gasteiger partial charge in [0, 0.05) is 32.0 Å². The Morgan fingerprint density at radius 3 is 2.09 bits per heavy atom. The van der Waals surface area contributed by atoms with Crippen molar-refractivity contribution in [3.8, 4) is 0 Å². The molecule has 1 unspecified atom stereocenters. The highest BCUT2D eigenvalue weighted by Gasteiger charge is 2.18. The molecule has 0 aromatic heterocycles. The van der Waals surface area contributed by atoms with Crippen LogP contribution in [-0.4, -0.2) is 37.5 Å². The maximum absolute atomic E-state index is 11.8. The number of hydrogen-bond acceptors (Lipinski definition) is 3. The lowest BCUT2D eigenvalue weighted by Crippen LogP contribution is -2.37. The van der Waals surface area contributed by atoms with Crippen LogP contribution in [0.3, 0.4) is 0 Å². The van der Waals surface area contributed by atoms with Gasteiger partial charge in [0.2, 0.25) is 11.8 Å². The SMILES string of the molecule is Cl.O=C(CC1CCCCC1)NCCNC(=O)CC1CCCN1. The van der Waals surface area contributed by atoms with E-state index in [1.807, 2.05) is 0 Å². The number of halogens is 1. The molecule has 1 aliphatic carbocycles. The molecule has 0 radical (unpaired) electrons. The topological polar surface area (TPSA) is 70.2 Å². The quantitative estimate of drug-likeness (QED) is 0.622. The van der Waals surface area contributed by atoms with E-state index in [1.165, 1.54) is 32.1 Å². The smallest absolute Gasteiger partial charge is 0.221 e. The Morgan fingerprint density at radius 1 is 0.864 bits per heavy atom. The summed E-state index contributed by atoms with van der Waals surface area (Å²) in [6.45, 7) is 2.09. The van der Waals surface area contributed by atoms with Gasteiger partial charge in [-0.3, -0.25) is 9.59 Å². The summed E-state index contributed by atoms with van der Waals surface area (Å²) in [7, 11) is 0. The molecule has 1 saturated carbocycles. The number of rotatable bonds is 7. The lowest BCUT2D eigenvalue weighted by molar-refractivity contribution is -0.123. The van der Waals surface area contributed by atoms with Crippen molar-refractivity contribution < 1.29 is 9.59 Å². The molecule has 2 aliphatic rings. The number of nitrogens with one attached hydrogen (secondary N) is 3. The summed E-state index contributed by atoms with van der Waals surface area (Å²) in [5.74, 6) is 0.784. The van der Waals surface area contributed by atoms with E-state index in [0.29, 0.717) is 37.9 Å². The molecule has 22 heavy (non-hydrogen) atoms. The molecular weight excluding hydrogens is 302 g/mol. The molecule has 1 aliphatic heterocycles. The second-order valence-corrected chi connectivity index (χ2v) is 6.41. The molecule has 128 valence electrons. The van der Waals surface area contributed by atoms with Crippen LogP contribution in [0.2, 0.25) is 0 Å². The zero-order chi connectivity index (χ0) is 14.9. The van der Waals surface area contributed by atoms with E-state index < -0.39 is 0 Å². The van der Waals surface area contributed by atoms with E-state index in [1.54, 1.807) is 0 Å². The first-order chi connectivity index (χ1) is 10.2. The lowest BCUT2D eigenvalue weighted by atomic mass is 9.87. The Kier molecular flexibility index (Phi) is 9.48. The number of amides is 2. The predicted octanol–water partition coefficient (Wildman–Crippen LogP) is 1.75. The van der Waals surface area contributed by atoms with E-state index in [2.05, 4.69) is 16.0 Å². The van der Waals surface area contributed by atoms with Crippen LogP contribution in [-0.2, 0) is 9.59 Å². The first kappa shape index (κ1) is 19.2. The molecule has 5 nitrogen and oxygen atoms in total. The Bertz CT molecular complexity index is 340. The minimum atomic E-state index is 0. The second kappa shape index (κ2) is 10.8. The summed E-state index contributed by atoms with van der Waals surface area (Å²) in [5, 5.41) is 9.10. The first-order valence-electron chi connectivity index (χ1n) is 8.51. The second-order valence-electron chi connectivity index (χ2n) is 6.41. The molecule has 6 heteroatoms. The average molecular weight is 332 g/mol. The van der Waals surface area contributed by atoms with Gasteiger partial charge in [0.05, 0.1) is 0 Å². The number of carbonyl (C=O) groups is 2. The van der Waals surface area contributed by atoms with Crippen LogP contribution in [0.15, 0.2) is 0 Å². The summed E-state index contributed by atoms with van der Waals surface area (Å²) < 4.78 is 0. The Morgan fingerprint density at radius 2 is 1.50 bits per heavy atom. The standard InChI is InChI=1S/C16H29N3O2.ClH/c20-15(11-13-5-2-1-3-6-13)18-9-10-19-16(21)12-14-7-4-8-17-14;/h13-14,17H,1-12H2,(H,18,20)(H,19,21);1H. The van der Waals surface area contributed by atoms with Crippen molar-refractivity contribution in [2.75, 3.05) is 19.6 Å². The van der Waals surface area contributed by atoms with Crippen molar-refractivity contribution in [3.05, 3.63) is 0 Å². The maximum Gasteiger partial charge on any atom is 0.221 e. The van der Waals surface area contributed by atoms with E-state index in [-0.39, 0.29) is 24.2 Å². The van der Waals surface area contributed by atoms with Crippen LogP contribution in [0.5, 0.6) is 0 Å². The van der Waals surface area contributed by atoms with E-state index in [0.717, 1.165) is 19.4 Å². The van der Waals surface area contributed by atoms with Gasteiger partial charge in [-0.15, -0.1) is 12.4 Å². The number of hydrogen-bond donors (Lipinski definition) is 3.